The molecule has 0 saturated heterocycles. The number of ether oxygens (including phenoxy) is 1. The van der Waals surface area contributed by atoms with Crippen LogP contribution in [0.25, 0.3) is 0 Å². The van der Waals surface area contributed by atoms with Gasteiger partial charge in [-0.3, -0.25) is 0 Å². The Morgan fingerprint density at radius 3 is 3.00 bits per heavy atom. The van der Waals surface area contributed by atoms with Crippen LogP contribution in [0.2, 0.25) is 0 Å². The van der Waals surface area contributed by atoms with Gasteiger partial charge >= 0.3 is 6.09 Å². The molecule has 58 valence electrons. The number of alkyl carbamates (subject to hydrolysis) is 1. The molecule has 0 aromatic heterocycles. The van der Waals surface area contributed by atoms with E-state index in [1.807, 2.05) is 0 Å². The van der Waals surface area contributed by atoms with Crippen LogP contribution in [-0.2, 0) is 4.74 Å². The van der Waals surface area contributed by atoms with E-state index in [0.29, 0.717) is 13.2 Å². The van der Waals surface area contributed by atoms with Crippen LogP contribution < -0.4 is 11.1 Å². The van der Waals surface area contributed by atoms with Crippen molar-refractivity contribution in [2.24, 2.45) is 5.73 Å². The number of rotatable bonds is 3. The Labute approximate surface area is 60.0 Å². The lowest BCUT2D eigenvalue weighted by atomic mass is 10.6. The van der Waals surface area contributed by atoms with Crippen LogP contribution in [-0.4, -0.2) is 19.2 Å². The molecule has 0 atom stereocenters. The summed E-state index contributed by atoms with van der Waals surface area (Å²) in [6.45, 7) is 2.55. The quantitative estimate of drug-likeness (QED) is 0.595. The highest BCUT2D eigenvalue weighted by atomic mass is 16.5. The molecule has 0 fully saturated rings. The van der Waals surface area contributed by atoms with Gasteiger partial charge in [-0.25, -0.2) is 4.79 Å². The Balaban J connectivity index is 3.21. The number of carbonyl (C=O) groups excluding carboxylic acids is 1. The van der Waals surface area contributed by atoms with Crippen molar-refractivity contribution in [3.05, 3.63) is 12.3 Å². The second-order valence-corrected chi connectivity index (χ2v) is 1.53. The minimum Gasteiger partial charge on any atom is -0.450 e. The molecule has 0 aliphatic heterocycles. The monoisotopic (exact) mass is 144 g/mol. The molecule has 0 heterocycles. The fraction of sp³-hybridized carbons (Fsp3) is 0.500. The molecule has 0 unspecified atom stereocenters. The van der Waals surface area contributed by atoms with Crippen LogP contribution in [0.4, 0.5) is 4.79 Å². The van der Waals surface area contributed by atoms with Crippen molar-refractivity contribution >= 4 is 6.09 Å². The topological polar surface area (TPSA) is 64.3 Å². The van der Waals surface area contributed by atoms with E-state index >= 15 is 0 Å². The summed E-state index contributed by atoms with van der Waals surface area (Å²) in [5.74, 6) is 0. The van der Waals surface area contributed by atoms with Gasteiger partial charge in [0.1, 0.15) is 0 Å². The van der Waals surface area contributed by atoms with Crippen LogP contribution in [0.1, 0.15) is 6.92 Å². The van der Waals surface area contributed by atoms with Crippen molar-refractivity contribution in [2.75, 3.05) is 13.2 Å². The zero-order valence-corrected chi connectivity index (χ0v) is 5.96. The Bertz CT molecular complexity index is 123. The van der Waals surface area contributed by atoms with Crippen LogP contribution in [0.3, 0.4) is 0 Å². The van der Waals surface area contributed by atoms with Gasteiger partial charge in [0, 0.05) is 6.54 Å². The molecule has 0 aromatic carbocycles. The van der Waals surface area contributed by atoms with Gasteiger partial charge in [0.15, 0.2) is 0 Å². The van der Waals surface area contributed by atoms with E-state index in [0.717, 1.165) is 0 Å². The number of hydrogen-bond acceptors (Lipinski definition) is 3. The van der Waals surface area contributed by atoms with E-state index in [9.17, 15) is 4.79 Å². The van der Waals surface area contributed by atoms with Crippen molar-refractivity contribution in [1.82, 2.24) is 5.32 Å². The first kappa shape index (κ1) is 8.81. The second-order valence-electron chi connectivity index (χ2n) is 1.53. The van der Waals surface area contributed by atoms with Crippen molar-refractivity contribution in [3.63, 3.8) is 0 Å². The number of nitrogens with two attached hydrogens (primary N) is 1. The Morgan fingerprint density at radius 1 is 1.80 bits per heavy atom. The Hall–Kier alpha value is -1.19. The van der Waals surface area contributed by atoms with Gasteiger partial charge in [-0.05, 0) is 19.2 Å². The molecule has 0 aliphatic carbocycles. The predicted molar refractivity (Wildman–Crippen MR) is 38.4 cm³/mol. The van der Waals surface area contributed by atoms with Gasteiger partial charge in [0.25, 0.3) is 0 Å². The summed E-state index contributed by atoms with van der Waals surface area (Å²) in [5.41, 5.74) is 5.02. The van der Waals surface area contributed by atoms with Crippen LogP contribution in [0, 0.1) is 0 Å². The van der Waals surface area contributed by atoms with Crippen molar-refractivity contribution in [2.45, 2.75) is 6.92 Å². The van der Waals surface area contributed by atoms with Gasteiger partial charge in [-0.15, -0.1) is 0 Å². The average Bonchev–Trinajstić information content (AvgIpc) is 1.89. The third kappa shape index (κ3) is 4.96. The van der Waals surface area contributed by atoms with Crippen molar-refractivity contribution < 1.29 is 9.53 Å². The molecular formula is C6H12N2O2. The normalized spacial score (nSPS) is 9.70. The highest BCUT2D eigenvalue weighted by Crippen LogP contribution is 1.74. The summed E-state index contributed by atoms with van der Waals surface area (Å²) in [6, 6.07) is 0. The standard InChI is InChI=1S/C6H12N2O2/c1-2-10-6(9)8-5-3-4-7/h3-4H,2,5,7H2,1H3,(H,8,9)/b4-3+. The summed E-state index contributed by atoms with van der Waals surface area (Å²) in [6.07, 6.45) is 2.57. The van der Waals surface area contributed by atoms with Crippen molar-refractivity contribution in [1.29, 1.82) is 0 Å². The number of amides is 1. The average molecular weight is 144 g/mol. The number of hydrogen-bond donors (Lipinski definition) is 2. The first-order valence-electron chi connectivity index (χ1n) is 3.08. The molecule has 10 heavy (non-hydrogen) atoms. The lowest BCUT2D eigenvalue weighted by Crippen LogP contribution is -2.24. The Kier molecular flexibility index (Phi) is 5.23. The van der Waals surface area contributed by atoms with E-state index in [1.54, 1.807) is 13.0 Å². The second kappa shape index (κ2) is 5.94. The molecule has 0 rings (SSSR count). The molecule has 0 aliphatic rings. The highest BCUT2D eigenvalue weighted by Gasteiger charge is 1.94. The zero-order chi connectivity index (χ0) is 7.82. The van der Waals surface area contributed by atoms with Gasteiger partial charge in [-0.2, -0.15) is 0 Å². The third-order valence-corrected chi connectivity index (χ3v) is 0.776. The molecule has 3 N–H and O–H groups in total. The van der Waals surface area contributed by atoms with E-state index in [2.05, 4.69) is 10.1 Å². The molecule has 0 saturated carbocycles. The van der Waals surface area contributed by atoms with Crippen LogP contribution >= 0.6 is 0 Å². The van der Waals surface area contributed by atoms with E-state index in [4.69, 9.17) is 5.73 Å². The molecule has 0 bridgehead atoms. The minimum absolute atomic E-state index is 0.387. The van der Waals surface area contributed by atoms with E-state index in [-0.39, 0.29) is 0 Å². The molecule has 4 heteroatoms. The number of carbonyl (C=O) groups is 1. The molecular weight excluding hydrogens is 132 g/mol. The maximum atomic E-state index is 10.5. The summed E-state index contributed by atoms with van der Waals surface area (Å²) in [7, 11) is 0. The molecule has 0 radical (unpaired) electrons. The predicted octanol–water partition coefficient (Wildman–Crippen LogP) is 0.205. The zero-order valence-electron chi connectivity index (χ0n) is 5.96. The van der Waals surface area contributed by atoms with Gasteiger partial charge in [-0.1, -0.05) is 0 Å². The molecule has 0 aromatic rings. The van der Waals surface area contributed by atoms with E-state index in [1.165, 1.54) is 6.20 Å². The SMILES string of the molecule is CCOC(=O)NC/C=C/N. The maximum Gasteiger partial charge on any atom is 0.407 e. The van der Waals surface area contributed by atoms with Crippen LogP contribution in [0.5, 0.6) is 0 Å². The summed E-state index contributed by atoms with van der Waals surface area (Å²) in [5, 5.41) is 2.46. The van der Waals surface area contributed by atoms with Gasteiger partial charge in [0.05, 0.1) is 6.61 Å². The first-order chi connectivity index (χ1) is 4.81. The first-order valence-corrected chi connectivity index (χ1v) is 3.08. The largest absolute Gasteiger partial charge is 0.450 e. The summed E-state index contributed by atoms with van der Waals surface area (Å²) in [4.78, 5) is 10.5. The summed E-state index contributed by atoms with van der Waals surface area (Å²) >= 11 is 0. The summed E-state index contributed by atoms with van der Waals surface area (Å²) < 4.78 is 4.56. The number of nitrogens with one attached hydrogen (secondary N) is 1. The Morgan fingerprint density at radius 2 is 2.50 bits per heavy atom. The van der Waals surface area contributed by atoms with E-state index < -0.39 is 6.09 Å². The molecule has 1 amide bonds. The lowest BCUT2D eigenvalue weighted by Gasteiger charge is -2.00. The minimum atomic E-state index is -0.416. The fourth-order valence-corrected chi connectivity index (χ4v) is 0.392. The van der Waals surface area contributed by atoms with Gasteiger partial charge in [0.2, 0.25) is 0 Å². The van der Waals surface area contributed by atoms with Gasteiger partial charge < -0.3 is 15.8 Å². The fourth-order valence-electron chi connectivity index (χ4n) is 0.392. The maximum absolute atomic E-state index is 10.5. The highest BCUT2D eigenvalue weighted by molar-refractivity contribution is 5.67. The smallest absolute Gasteiger partial charge is 0.407 e. The van der Waals surface area contributed by atoms with Crippen molar-refractivity contribution in [3.8, 4) is 0 Å². The molecule has 0 spiro atoms. The lowest BCUT2D eigenvalue weighted by molar-refractivity contribution is 0.153. The third-order valence-electron chi connectivity index (χ3n) is 0.776. The molecule has 4 nitrogen and oxygen atoms in total. The van der Waals surface area contributed by atoms with Crippen LogP contribution in [0.15, 0.2) is 12.3 Å².